The normalized spacial score (nSPS) is 11.9. The number of ether oxygens (including phenoxy) is 3. The number of hydrogen-bond acceptors (Lipinski definition) is 8. The summed E-state index contributed by atoms with van der Waals surface area (Å²) in [5.41, 5.74) is 5.14. The van der Waals surface area contributed by atoms with Crippen molar-refractivity contribution in [1.82, 2.24) is 15.0 Å². The fourth-order valence-electron chi connectivity index (χ4n) is 4.78. The minimum atomic E-state index is -1.13. The molecular weight excluding hydrogens is 574 g/mol. The number of carboxylic acids is 1. The van der Waals surface area contributed by atoms with Gasteiger partial charge in [-0.25, -0.2) is 19.7 Å². The van der Waals surface area contributed by atoms with Crippen LogP contribution in [-0.4, -0.2) is 46.9 Å². The van der Waals surface area contributed by atoms with Crippen molar-refractivity contribution in [1.29, 1.82) is 0 Å². The summed E-state index contributed by atoms with van der Waals surface area (Å²) in [5, 5.41) is 11.5. The smallest absolute Gasteiger partial charge is 0.337 e. The van der Waals surface area contributed by atoms with Gasteiger partial charge in [-0.3, -0.25) is 0 Å². The molecule has 0 fully saturated rings. The van der Waals surface area contributed by atoms with Crippen LogP contribution in [0.5, 0.6) is 11.5 Å². The van der Waals surface area contributed by atoms with E-state index in [-0.39, 0.29) is 0 Å². The zero-order chi connectivity index (χ0) is 29.8. The van der Waals surface area contributed by atoms with Gasteiger partial charge in [0.25, 0.3) is 0 Å². The first kappa shape index (κ1) is 29.4. The summed E-state index contributed by atoms with van der Waals surface area (Å²) < 4.78 is 17.6. The molecule has 0 bridgehead atoms. The Balaban J connectivity index is 1.67. The molecule has 0 saturated carbocycles. The van der Waals surface area contributed by atoms with Crippen molar-refractivity contribution >= 4 is 39.1 Å². The van der Waals surface area contributed by atoms with Crippen LogP contribution in [-0.2, 0) is 9.53 Å². The number of methoxy groups -OCH3 is 2. The van der Waals surface area contributed by atoms with Gasteiger partial charge in [0, 0.05) is 34.5 Å². The molecule has 0 saturated heterocycles. The summed E-state index contributed by atoms with van der Waals surface area (Å²) in [5.74, 6) is 0.665. The van der Waals surface area contributed by atoms with E-state index in [0.717, 1.165) is 45.3 Å². The van der Waals surface area contributed by atoms with Crippen molar-refractivity contribution in [3.63, 3.8) is 0 Å². The maximum atomic E-state index is 12.5. The van der Waals surface area contributed by atoms with Gasteiger partial charge in [-0.15, -0.1) is 11.3 Å². The summed E-state index contributed by atoms with van der Waals surface area (Å²) in [6, 6.07) is 16.6. The molecule has 2 aromatic heterocycles. The number of aliphatic carboxylic acids is 1. The number of aromatic nitrogens is 3. The third-order valence-electron chi connectivity index (χ3n) is 6.85. The standard InChI is InChI=1S/C32H30ClN3O5S/c1-5-6-15-41-28(32(37)38)26-18(2)16-23-29(27(26)19-7-10-21(33)11-8-19)42-31(36-23)22-13-14-34-30(35-22)20-9-12-24(39-3)25(17-20)40-4/h7-14,16-17,28H,5-6,15H2,1-4H3,(H,37,38). The average molecular weight is 604 g/mol. The highest BCUT2D eigenvalue weighted by atomic mass is 35.5. The minimum Gasteiger partial charge on any atom is -0.493 e. The van der Waals surface area contributed by atoms with E-state index in [1.54, 1.807) is 32.5 Å². The lowest BCUT2D eigenvalue weighted by atomic mass is 9.91. The fraction of sp³-hybridized carbons (Fsp3) is 0.250. The van der Waals surface area contributed by atoms with E-state index in [0.29, 0.717) is 45.2 Å². The minimum absolute atomic E-state index is 0.346. The third-order valence-corrected chi connectivity index (χ3v) is 8.21. The number of thiazole rings is 1. The largest absolute Gasteiger partial charge is 0.493 e. The van der Waals surface area contributed by atoms with Crippen molar-refractivity contribution in [3.8, 4) is 44.7 Å². The SMILES string of the molecule is CCCCOC(C(=O)O)c1c(C)cc2nc(-c3ccnc(-c4ccc(OC)c(OC)c4)n3)sc2c1-c1ccc(Cl)cc1. The first-order valence-corrected chi connectivity index (χ1v) is 14.6. The molecule has 0 aliphatic heterocycles. The lowest BCUT2D eigenvalue weighted by Gasteiger charge is -2.21. The number of carboxylic acid groups (broad SMARTS) is 1. The van der Waals surface area contributed by atoms with Gasteiger partial charge < -0.3 is 19.3 Å². The van der Waals surface area contributed by atoms with Gasteiger partial charge in [0.15, 0.2) is 23.4 Å². The molecule has 8 nitrogen and oxygen atoms in total. The number of aryl methyl sites for hydroxylation is 1. The molecule has 0 aliphatic carbocycles. The molecule has 1 unspecified atom stereocenters. The Kier molecular flexibility index (Phi) is 9.01. The molecule has 0 spiro atoms. The number of fused-ring (bicyclic) bond motifs is 1. The second kappa shape index (κ2) is 12.9. The first-order chi connectivity index (χ1) is 20.3. The van der Waals surface area contributed by atoms with Crippen LogP contribution >= 0.6 is 22.9 Å². The van der Waals surface area contributed by atoms with E-state index >= 15 is 0 Å². The van der Waals surface area contributed by atoms with Crippen molar-refractivity contribution < 1.29 is 24.1 Å². The maximum Gasteiger partial charge on any atom is 0.337 e. The molecule has 5 rings (SSSR count). The van der Waals surface area contributed by atoms with Gasteiger partial charge >= 0.3 is 5.97 Å². The highest BCUT2D eigenvalue weighted by molar-refractivity contribution is 7.22. The van der Waals surface area contributed by atoms with Gasteiger partial charge in [-0.2, -0.15) is 0 Å². The Morgan fingerprint density at radius 3 is 2.43 bits per heavy atom. The molecular formula is C32H30ClN3O5S. The number of unbranched alkanes of at least 4 members (excludes halogenated alkanes) is 1. The second-order valence-electron chi connectivity index (χ2n) is 9.63. The van der Waals surface area contributed by atoms with Crippen LogP contribution in [0.2, 0.25) is 5.02 Å². The van der Waals surface area contributed by atoms with Crippen LogP contribution in [0.3, 0.4) is 0 Å². The monoisotopic (exact) mass is 603 g/mol. The first-order valence-electron chi connectivity index (χ1n) is 13.4. The summed E-state index contributed by atoms with van der Waals surface area (Å²) in [6.45, 7) is 4.28. The van der Waals surface area contributed by atoms with Crippen molar-refractivity contribution in [3.05, 3.63) is 76.9 Å². The number of nitrogens with zero attached hydrogens (tertiary/aromatic N) is 3. The summed E-state index contributed by atoms with van der Waals surface area (Å²) in [7, 11) is 3.17. The molecule has 1 N–H and O–H groups in total. The quantitative estimate of drug-likeness (QED) is 0.151. The van der Waals surface area contributed by atoms with Crippen molar-refractivity contribution in [2.24, 2.45) is 0 Å². The van der Waals surface area contributed by atoms with Crippen molar-refractivity contribution in [2.75, 3.05) is 20.8 Å². The van der Waals surface area contributed by atoms with Gasteiger partial charge in [0.2, 0.25) is 0 Å². The summed E-state index contributed by atoms with van der Waals surface area (Å²) in [4.78, 5) is 26.7. The Morgan fingerprint density at radius 2 is 1.74 bits per heavy atom. The van der Waals surface area contributed by atoms with E-state index in [1.807, 2.05) is 56.3 Å². The predicted octanol–water partition coefficient (Wildman–Crippen LogP) is 8.01. The van der Waals surface area contributed by atoms with E-state index in [4.69, 9.17) is 35.8 Å². The zero-order valence-corrected chi connectivity index (χ0v) is 25.3. The highest BCUT2D eigenvalue weighted by Gasteiger charge is 2.29. The number of rotatable bonds is 11. The number of benzene rings is 3. The van der Waals surface area contributed by atoms with Gasteiger partial charge in [0.05, 0.1) is 24.4 Å². The molecule has 42 heavy (non-hydrogen) atoms. The predicted molar refractivity (Wildman–Crippen MR) is 166 cm³/mol. The van der Waals surface area contributed by atoms with Crippen LogP contribution in [0, 0.1) is 6.92 Å². The molecule has 0 aliphatic rings. The number of carbonyl (C=O) groups is 1. The topological polar surface area (TPSA) is 104 Å². The molecule has 0 radical (unpaired) electrons. The molecule has 5 aromatic rings. The lowest BCUT2D eigenvalue weighted by molar-refractivity contribution is -0.151. The second-order valence-corrected chi connectivity index (χ2v) is 11.1. The molecule has 2 heterocycles. The highest BCUT2D eigenvalue weighted by Crippen LogP contribution is 2.43. The van der Waals surface area contributed by atoms with Gasteiger partial charge in [-0.05, 0) is 66.9 Å². The maximum absolute atomic E-state index is 12.5. The van der Waals surface area contributed by atoms with Gasteiger partial charge in [-0.1, -0.05) is 37.1 Å². The Morgan fingerprint density at radius 1 is 1.00 bits per heavy atom. The van der Waals surface area contributed by atoms with E-state index < -0.39 is 12.1 Å². The zero-order valence-electron chi connectivity index (χ0n) is 23.7. The Hall–Kier alpha value is -4.05. The molecule has 3 aromatic carbocycles. The van der Waals surface area contributed by atoms with Crippen LogP contribution < -0.4 is 9.47 Å². The van der Waals surface area contributed by atoms with Crippen molar-refractivity contribution in [2.45, 2.75) is 32.8 Å². The molecule has 216 valence electrons. The summed E-state index contributed by atoms with van der Waals surface area (Å²) in [6.07, 6.45) is 2.23. The van der Waals surface area contributed by atoms with Crippen LogP contribution in [0.4, 0.5) is 0 Å². The van der Waals surface area contributed by atoms with E-state index in [2.05, 4.69) is 4.98 Å². The average Bonchev–Trinajstić information content (AvgIpc) is 3.42. The van der Waals surface area contributed by atoms with Crippen LogP contribution in [0.15, 0.2) is 60.8 Å². The Bertz CT molecular complexity index is 1740. The molecule has 1 atom stereocenters. The fourth-order valence-corrected chi connectivity index (χ4v) is 6.00. The Labute approximate surface area is 252 Å². The van der Waals surface area contributed by atoms with E-state index in [1.165, 1.54) is 11.3 Å². The molecule has 0 amide bonds. The van der Waals surface area contributed by atoms with E-state index in [9.17, 15) is 9.90 Å². The lowest BCUT2D eigenvalue weighted by Crippen LogP contribution is -2.18. The molecule has 10 heteroatoms. The number of halogens is 1. The number of hydrogen-bond donors (Lipinski definition) is 1. The third kappa shape index (κ3) is 5.94. The van der Waals surface area contributed by atoms with Crippen LogP contribution in [0.25, 0.3) is 43.4 Å². The van der Waals surface area contributed by atoms with Gasteiger partial charge in [0.1, 0.15) is 10.7 Å². The summed E-state index contributed by atoms with van der Waals surface area (Å²) >= 11 is 7.66. The van der Waals surface area contributed by atoms with Crippen LogP contribution in [0.1, 0.15) is 37.0 Å².